The zero-order valence-electron chi connectivity index (χ0n) is 24.2. The molecule has 0 spiro atoms. The summed E-state index contributed by atoms with van der Waals surface area (Å²) in [5.74, 6) is 0. The van der Waals surface area contributed by atoms with Crippen LogP contribution in [0.4, 0.5) is 11.4 Å². The van der Waals surface area contributed by atoms with E-state index in [9.17, 15) is 0 Å². The number of hydrogen-bond donors (Lipinski definition) is 0. The van der Waals surface area contributed by atoms with Crippen LogP contribution in [-0.2, 0) is 10.8 Å². The van der Waals surface area contributed by atoms with Gasteiger partial charge in [-0.3, -0.25) is 9.97 Å². The van der Waals surface area contributed by atoms with Crippen molar-refractivity contribution in [2.24, 2.45) is 0 Å². The Labute approximate surface area is 237 Å². The number of allylic oxidation sites excluding steroid dienone is 2. The molecule has 4 heteroatoms. The second-order valence-electron chi connectivity index (χ2n) is 11.8. The molecule has 0 saturated carbocycles. The average molecular weight is 525 g/mol. The summed E-state index contributed by atoms with van der Waals surface area (Å²) >= 11 is 0. The summed E-state index contributed by atoms with van der Waals surface area (Å²) in [5, 5.41) is 0. The Morgan fingerprint density at radius 1 is 0.525 bits per heavy atom. The zero-order valence-corrected chi connectivity index (χ0v) is 24.2. The summed E-state index contributed by atoms with van der Waals surface area (Å²) in [6.45, 7) is 9.13. The molecule has 2 aliphatic heterocycles. The van der Waals surface area contributed by atoms with Crippen molar-refractivity contribution >= 4 is 35.0 Å². The van der Waals surface area contributed by atoms with E-state index in [1.165, 1.54) is 33.9 Å². The molecule has 4 aromatic rings. The van der Waals surface area contributed by atoms with Crippen molar-refractivity contribution in [1.82, 2.24) is 9.97 Å². The maximum Gasteiger partial charge on any atom is 0.209 e. The number of nitrogens with zero attached hydrogens (tertiary/aromatic N) is 4. The van der Waals surface area contributed by atoms with Gasteiger partial charge in [-0.15, -0.1) is 0 Å². The minimum atomic E-state index is -0.0409. The van der Waals surface area contributed by atoms with Crippen LogP contribution < -0.4 is 0 Å². The van der Waals surface area contributed by atoms with Gasteiger partial charge >= 0.3 is 0 Å². The normalized spacial score (nSPS) is 17.2. The van der Waals surface area contributed by atoms with Crippen LogP contribution in [0.1, 0.15) is 49.9 Å². The van der Waals surface area contributed by atoms with Gasteiger partial charge in [-0.25, -0.2) is 0 Å². The number of fused-ring (bicyclic) bond motifs is 2. The summed E-state index contributed by atoms with van der Waals surface area (Å²) in [7, 11) is 4.29. The van der Waals surface area contributed by atoms with Gasteiger partial charge in [0.1, 0.15) is 14.1 Å². The van der Waals surface area contributed by atoms with Gasteiger partial charge in [0.15, 0.2) is 11.4 Å². The molecule has 6 rings (SSSR count). The first-order valence-electron chi connectivity index (χ1n) is 13.9. The van der Waals surface area contributed by atoms with Crippen LogP contribution in [-0.4, -0.2) is 44.6 Å². The molecule has 198 valence electrons. The molecule has 40 heavy (non-hydrogen) atoms. The molecular weight excluding hydrogens is 488 g/mol. The number of pyridine rings is 2. The maximum absolute atomic E-state index is 4.71. The first-order chi connectivity index (χ1) is 19.2. The van der Waals surface area contributed by atoms with Crippen molar-refractivity contribution in [3.8, 4) is 11.4 Å². The van der Waals surface area contributed by atoms with Gasteiger partial charge < -0.3 is 0 Å². The van der Waals surface area contributed by atoms with Gasteiger partial charge in [0.25, 0.3) is 0 Å². The topological polar surface area (TPSA) is 31.8 Å². The lowest BCUT2D eigenvalue weighted by Gasteiger charge is -2.15. The highest BCUT2D eigenvalue weighted by Gasteiger charge is 2.43. The molecule has 0 saturated heterocycles. The zero-order chi connectivity index (χ0) is 28.1. The number of aromatic nitrogens is 2. The molecule has 2 aromatic heterocycles. The summed E-state index contributed by atoms with van der Waals surface area (Å²) in [6, 6.07) is 25.6. The fourth-order valence-electron chi connectivity index (χ4n) is 6.26. The number of rotatable bonds is 5. The molecule has 0 amide bonds. The Bertz CT molecular complexity index is 1600. The quantitative estimate of drug-likeness (QED) is 0.252. The van der Waals surface area contributed by atoms with Crippen molar-refractivity contribution in [3.05, 3.63) is 120 Å². The third kappa shape index (κ3) is 4.24. The smallest absolute Gasteiger partial charge is 0.209 e. The van der Waals surface area contributed by atoms with Crippen LogP contribution >= 0.6 is 0 Å². The van der Waals surface area contributed by atoms with Gasteiger partial charge in [-0.05, 0) is 63.1 Å². The van der Waals surface area contributed by atoms with E-state index in [1.54, 1.807) is 0 Å². The molecular formula is C36H36N4+2. The summed E-state index contributed by atoms with van der Waals surface area (Å²) in [4.78, 5) is 9.43. The van der Waals surface area contributed by atoms with Crippen LogP contribution in [0, 0.1) is 0 Å². The maximum atomic E-state index is 4.71. The summed E-state index contributed by atoms with van der Waals surface area (Å²) in [5.41, 5.74) is 11.6. The van der Waals surface area contributed by atoms with Crippen molar-refractivity contribution in [3.63, 3.8) is 0 Å². The molecule has 4 nitrogen and oxygen atoms in total. The first kappa shape index (κ1) is 25.8. The molecule has 4 heterocycles. The second kappa shape index (κ2) is 9.63. The van der Waals surface area contributed by atoms with Gasteiger partial charge in [-0.1, -0.05) is 48.5 Å². The lowest BCUT2D eigenvalue weighted by atomic mass is 9.81. The molecule has 0 fully saturated rings. The highest BCUT2D eigenvalue weighted by Crippen LogP contribution is 2.40. The van der Waals surface area contributed by atoms with Crippen LogP contribution in [0.25, 0.3) is 23.5 Å². The number of benzene rings is 2. The van der Waals surface area contributed by atoms with E-state index >= 15 is 0 Å². The molecule has 0 N–H and O–H groups in total. The molecule has 0 unspecified atom stereocenters. The van der Waals surface area contributed by atoms with Gasteiger partial charge in [0, 0.05) is 47.8 Å². The van der Waals surface area contributed by atoms with E-state index in [4.69, 9.17) is 9.97 Å². The molecule has 0 bridgehead atoms. The van der Waals surface area contributed by atoms with Crippen molar-refractivity contribution < 1.29 is 9.15 Å². The Balaban J connectivity index is 1.17. The van der Waals surface area contributed by atoms with Gasteiger partial charge in [-0.2, -0.15) is 9.15 Å². The van der Waals surface area contributed by atoms with E-state index in [0.717, 1.165) is 22.5 Å². The van der Waals surface area contributed by atoms with Crippen LogP contribution in [0.3, 0.4) is 0 Å². The SMILES string of the molecule is C[N+]1=C(/C=C/c2ccc(-c3ccc(/C=C/C4=[N+](C)c5ccccc5C4(C)C)cn3)nc2)C(C)(C)c2ccccc21. The van der Waals surface area contributed by atoms with Gasteiger partial charge in [0.2, 0.25) is 11.4 Å². The minimum absolute atomic E-state index is 0.0409. The monoisotopic (exact) mass is 524 g/mol. The third-order valence-electron chi connectivity index (χ3n) is 8.58. The Morgan fingerprint density at radius 2 is 0.925 bits per heavy atom. The Hall–Kier alpha value is -4.44. The van der Waals surface area contributed by atoms with Crippen molar-refractivity contribution in [2.45, 2.75) is 38.5 Å². The van der Waals surface area contributed by atoms with Gasteiger partial charge in [0.05, 0.1) is 22.2 Å². The second-order valence-corrected chi connectivity index (χ2v) is 11.8. The van der Waals surface area contributed by atoms with E-state index in [2.05, 4.69) is 136 Å². The predicted octanol–water partition coefficient (Wildman–Crippen LogP) is 7.58. The lowest BCUT2D eigenvalue weighted by Crippen LogP contribution is -2.26. The molecule has 0 atom stereocenters. The van der Waals surface area contributed by atoms with Crippen LogP contribution in [0.5, 0.6) is 0 Å². The Morgan fingerprint density at radius 3 is 1.27 bits per heavy atom. The van der Waals surface area contributed by atoms with Crippen LogP contribution in [0.2, 0.25) is 0 Å². The summed E-state index contributed by atoms with van der Waals surface area (Å²) < 4.78 is 4.58. The van der Waals surface area contributed by atoms with E-state index in [1.807, 2.05) is 24.5 Å². The Kier molecular flexibility index (Phi) is 6.22. The van der Waals surface area contributed by atoms with E-state index in [0.29, 0.717) is 0 Å². The fraction of sp³-hybridized carbons (Fsp3) is 0.222. The highest BCUT2D eigenvalue weighted by molar-refractivity contribution is 6.06. The fourth-order valence-corrected chi connectivity index (χ4v) is 6.26. The molecule has 2 aliphatic rings. The molecule has 2 aromatic carbocycles. The minimum Gasteiger partial charge on any atom is -0.254 e. The first-order valence-corrected chi connectivity index (χ1v) is 13.9. The summed E-state index contributed by atoms with van der Waals surface area (Å²) in [6.07, 6.45) is 12.6. The lowest BCUT2D eigenvalue weighted by molar-refractivity contribution is -0.401. The van der Waals surface area contributed by atoms with E-state index < -0.39 is 0 Å². The molecule has 0 aliphatic carbocycles. The largest absolute Gasteiger partial charge is 0.254 e. The van der Waals surface area contributed by atoms with Crippen molar-refractivity contribution in [2.75, 3.05) is 14.1 Å². The number of para-hydroxylation sites is 2. The highest BCUT2D eigenvalue weighted by atomic mass is 15.0. The van der Waals surface area contributed by atoms with Crippen molar-refractivity contribution in [1.29, 1.82) is 0 Å². The number of hydrogen-bond acceptors (Lipinski definition) is 2. The third-order valence-corrected chi connectivity index (χ3v) is 8.58. The predicted molar refractivity (Wildman–Crippen MR) is 166 cm³/mol. The van der Waals surface area contributed by atoms with E-state index in [-0.39, 0.29) is 10.8 Å². The average Bonchev–Trinajstić information content (AvgIpc) is 3.29. The standard InChI is InChI=1S/C36H36N4/c1-35(2)27-11-7-9-13-31(27)39(5)33(35)21-17-25-15-19-29(37-23-25)30-20-16-26(24-38-30)18-22-34-36(3,4)28-12-8-10-14-32(28)40(34)6/h7-24H,1-6H3/q+2. The molecule has 0 radical (unpaired) electrons. The van der Waals surface area contributed by atoms with Crippen LogP contribution in [0.15, 0.2) is 97.3 Å².